The molecule has 1 aromatic heterocycles. The van der Waals surface area contributed by atoms with Crippen molar-refractivity contribution in [3.63, 3.8) is 0 Å². The van der Waals surface area contributed by atoms with Gasteiger partial charge < -0.3 is 5.32 Å². The average molecular weight is 364 g/mol. The molecule has 0 saturated heterocycles. The summed E-state index contributed by atoms with van der Waals surface area (Å²) >= 11 is 5.52. The summed E-state index contributed by atoms with van der Waals surface area (Å²) in [6, 6.07) is 11.8. The van der Waals surface area contributed by atoms with Crippen LogP contribution in [0.5, 0.6) is 0 Å². The lowest BCUT2D eigenvalue weighted by Crippen LogP contribution is -2.15. The van der Waals surface area contributed by atoms with Crippen molar-refractivity contribution in [3.8, 4) is 0 Å². The van der Waals surface area contributed by atoms with Gasteiger partial charge in [-0.1, -0.05) is 26.0 Å². The molecule has 3 rings (SSSR count). The number of hydrogen-bond donors (Lipinski definition) is 1. The maximum atomic E-state index is 3.72. The lowest BCUT2D eigenvalue weighted by molar-refractivity contribution is 0.608. The fraction of sp³-hybridized carbons (Fsp3) is 0.444. The second kappa shape index (κ2) is 6.53. The smallest absolute Gasteiger partial charge is 0.0705 e. The van der Waals surface area contributed by atoms with E-state index in [4.69, 9.17) is 0 Å². The van der Waals surface area contributed by atoms with E-state index in [0.29, 0.717) is 12.0 Å². The van der Waals surface area contributed by atoms with Crippen molar-refractivity contribution >= 4 is 33.0 Å². The summed E-state index contributed by atoms with van der Waals surface area (Å²) in [7, 11) is 0. The Balaban J connectivity index is 1.75. The Labute approximate surface area is 139 Å². The first-order valence-electron chi connectivity index (χ1n) is 7.82. The van der Waals surface area contributed by atoms with Gasteiger partial charge in [-0.25, -0.2) is 0 Å². The number of thiophene rings is 1. The SMILES string of the molecule is CCC(C)c1ccc(NC2CCCc3sc(Br)cc32)cc1. The molecule has 1 aliphatic carbocycles. The van der Waals surface area contributed by atoms with Crippen molar-refractivity contribution in [1.29, 1.82) is 0 Å². The summed E-state index contributed by atoms with van der Waals surface area (Å²) in [5, 5.41) is 3.72. The van der Waals surface area contributed by atoms with Crippen LogP contribution in [0.15, 0.2) is 34.1 Å². The first kappa shape index (κ1) is 15.1. The van der Waals surface area contributed by atoms with E-state index in [2.05, 4.69) is 65.4 Å². The normalized spacial score (nSPS) is 19.1. The van der Waals surface area contributed by atoms with E-state index in [0.717, 1.165) is 0 Å². The molecule has 2 atom stereocenters. The second-order valence-corrected chi connectivity index (χ2v) is 8.47. The zero-order valence-corrected chi connectivity index (χ0v) is 15.1. The molecule has 3 heteroatoms. The van der Waals surface area contributed by atoms with E-state index in [-0.39, 0.29) is 0 Å². The van der Waals surface area contributed by atoms with E-state index in [1.165, 1.54) is 46.3 Å². The lowest BCUT2D eigenvalue weighted by atomic mass is 9.93. The number of halogens is 1. The van der Waals surface area contributed by atoms with E-state index in [9.17, 15) is 0 Å². The van der Waals surface area contributed by atoms with Crippen LogP contribution < -0.4 is 5.32 Å². The summed E-state index contributed by atoms with van der Waals surface area (Å²) in [6.07, 6.45) is 4.93. The van der Waals surface area contributed by atoms with E-state index < -0.39 is 0 Å². The summed E-state index contributed by atoms with van der Waals surface area (Å²) in [6.45, 7) is 4.54. The van der Waals surface area contributed by atoms with Gasteiger partial charge >= 0.3 is 0 Å². The molecule has 0 fully saturated rings. The minimum absolute atomic E-state index is 0.464. The number of fused-ring (bicyclic) bond motifs is 1. The summed E-state index contributed by atoms with van der Waals surface area (Å²) in [5.41, 5.74) is 4.16. The Morgan fingerprint density at radius 2 is 2.10 bits per heavy atom. The topological polar surface area (TPSA) is 12.0 Å². The number of benzene rings is 1. The fourth-order valence-corrected chi connectivity index (χ4v) is 4.84. The molecule has 1 aromatic carbocycles. The second-order valence-electron chi connectivity index (χ2n) is 5.95. The van der Waals surface area contributed by atoms with Crippen LogP contribution in [0.4, 0.5) is 5.69 Å². The zero-order valence-electron chi connectivity index (χ0n) is 12.7. The molecular weight excluding hydrogens is 342 g/mol. The highest BCUT2D eigenvalue weighted by atomic mass is 79.9. The Kier molecular flexibility index (Phi) is 4.70. The van der Waals surface area contributed by atoms with Gasteiger partial charge in [0.15, 0.2) is 0 Å². The molecule has 0 saturated carbocycles. The molecule has 2 aromatic rings. The molecule has 1 N–H and O–H groups in total. The number of hydrogen-bond acceptors (Lipinski definition) is 2. The predicted molar refractivity (Wildman–Crippen MR) is 96.5 cm³/mol. The summed E-state index contributed by atoms with van der Waals surface area (Å²) in [5.74, 6) is 0.646. The minimum atomic E-state index is 0.464. The standard InChI is InChI=1S/C18H22BrNS/c1-3-12(2)13-7-9-14(10-8-13)20-16-5-4-6-17-15(16)11-18(19)21-17/h7-12,16,20H,3-6H2,1-2H3. The summed E-state index contributed by atoms with van der Waals surface area (Å²) < 4.78 is 1.26. The minimum Gasteiger partial charge on any atom is -0.378 e. The van der Waals surface area contributed by atoms with Gasteiger partial charge in [0.05, 0.1) is 9.83 Å². The van der Waals surface area contributed by atoms with Gasteiger partial charge in [-0.05, 0) is 76.9 Å². The van der Waals surface area contributed by atoms with Crippen molar-refractivity contribution in [3.05, 3.63) is 50.1 Å². The molecular formula is C18H22BrNS. The average Bonchev–Trinajstić information content (AvgIpc) is 2.88. The predicted octanol–water partition coefficient (Wildman–Crippen LogP) is 6.51. The Morgan fingerprint density at radius 1 is 1.33 bits per heavy atom. The van der Waals surface area contributed by atoms with Crippen molar-refractivity contribution in [2.75, 3.05) is 5.32 Å². The van der Waals surface area contributed by atoms with Gasteiger partial charge in [0.25, 0.3) is 0 Å². The Morgan fingerprint density at radius 3 is 2.81 bits per heavy atom. The van der Waals surface area contributed by atoms with Gasteiger partial charge in [-0.15, -0.1) is 11.3 Å². The molecule has 0 aliphatic heterocycles. The zero-order chi connectivity index (χ0) is 14.8. The monoisotopic (exact) mass is 363 g/mol. The van der Waals surface area contributed by atoms with Gasteiger partial charge in [0.2, 0.25) is 0 Å². The highest BCUT2D eigenvalue weighted by Gasteiger charge is 2.22. The van der Waals surface area contributed by atoms with E-state index >= 15 is 0 Å². The van der Waals surface area contributed by atoms with Crippen molar-refractivity contribution in [1.82, 2.24) is 0 Å². The largest absolute Gasteiger partial charge is 0.378 e. The van der Waals surface area contributed by atoms with Crippen LogP contribution >= 0.6 is 27.3 Å². The van der Waals surface area contributed by atoms with Crippen LogP contribution in [0.25, 0.3) is 0 Å². The first-order valence-corrected chi connectivity index (χ1v) is 9.43. The maximum Gasteiger partial charge on any atom is 0.0705 e. The van der Waals surface area contributed by atoms with Crippen LogP contribution in [-0.4, -0.2) is 0 Å². The molecule has 21 heavy (non-hydrogen) atoms. The molecule has 112 valence electrons. The summed E-state index contributed by atoms with van der Waals surface area (Å²) in [4.78, 5) is 1.54. The van der Waals surface area contributed by atoms with Gasteiger partial charge in [0, 0.05) is 10.6 Å². The van der Waals surface area contributed by atoms with Crippen molar-refractivity contribution in [2.45, 2.75) is 51.5 Å². The van der Waals surface area contributed by atoms with Crippen LogP contribution in [-0.2, 0) is 6.42 Å². The Bertz CT molecular complexity index is 602. The quantitative estimate of drug-likeness (QED) is 0.652. The van der Waals surface area contributed by atoms with Crippen LogP contribution in [0.2, 0.25) is 0 Å². The van der Waals surface area contributed by atoms with Crippen LogP contribution in [0.1, 0.15) is 61.1 Å². The molecule has 1 nitrogen and oxygen atoms in total. The third kappa shape index (κ3) is 3.35. The molecule has 0 radical (unpaired) electrons. The maximum absolute atomic E-state index is 3.72. The van der Waals surface area contributed by atoms with Gasteiger partial charge in [-0.2, -0.15) is 0 Å². The molecule has 0 bridgehead atoms. The van der Waals surface area contributed by atoms with Crippen molar-refractivity contribution < 1.29 is 0 Å². The highest BCUT2D eigenvalue weighted by Crippen LogP contribution is 2.39. The third-order valence-corrected chi connectivity index (χ3v) is 6.23. The van der Waals surface area contributed by atoms with E-state index in [1.807, 2.05) is 11.3 Å². The highest BCUT2D eigenvalue weighted by molar-refractivity contribution is 9.11. The molecule has 0 spiro atoms. The number of aryl methyl sites for hydroxylation is 1. The van der Waals surface area contributed by atoms with E-state index in [1.54, 1.807) is 4.88 Å². The molecule has 2 unspecified atom stereocenters. The number of nitrogens with one attached hydrogen (secondary N) is 1. The lowest BCUT2D eigenvalue weighted by Gasteiger charge is -2.25. The molecule has 0 amide bonds. The fourth-order valence-electron chi connectivity index (χ4n) is 3.02. The third-order valence-electron chi connectivity index (χ3n) is 4.52. The molecule has 1 aliphatic rings. The first-order chi connectivity index (χ1) is 10.2. The van der Waals surface area contributed by atoms with Crippen LogP contribution in [0.3, 0.4) is 0 Å². The van der Waals surface area contributed by atoms with Gasteiger partial charge in [0.1, 0.15) is 0 Å². The van der Waals surface area contributed by atoms with Crippen molar-refractivity contribution in [2.24, 2.45) is 0 Å². The molecule has 1 heterocycles. The Hall–Kier alpha value is -0.800. The number of anilines is 1. The van der Waals surface area contributed by atoms with Crippen LogP contribution in [0, 0.1) is 0 Å². The van der Waals surface area contributed by atoms with Gasteiger partial charge in [-0.3, -0.25) is 0 Å². The number of rotatable bonds is 4.